The number of fused-ring (bicyclic) bond motifs is 1. The van der Waals surface area contributed by atoms with Crippen molar-refractivity contribution in [3.05, 3.63) is 69.8 Å². The second-order valence-corrected chi connectivity index (χ2v) is 6.82. The first-order valence-corrected chi connectivity index (χ1v) is 8.58. The average molecular weight is 353 g/mol. The number of ketones is 1. The van der Waals surface area contributed by atoms with Crippen LogP contribution in [0.4, 0.5) is 0 Å². The summed E-state index contributed by atoms with van der Waals surface area (Å²) < 4.78 is 1.69. The van der Waals surface area contributed by atoms with Crippen molar-refractivity contribution in [3.63, 3.8) is 0 Å². The van der Waals surface area contributed by atoms with Gasteiger partial charge in [-0.05, 0) is 43.9 Å². The lowest BCUT2D eigenvalue weighted by atomic mass is 9.82. The van der Waals surface area contributed by atoms with Crippen LogP contribution in [-0.2, 0) is 6.42 Å². The molecule has 4 rings (SSSR count). The van der Waals surface area contributed by atoms with Crippen molar-refractivity contribution in [1.82, 2.24) is 19.7 Å². The highest BCUT2D eigenvalue weighted by atomic mass is 35.5. The molecule has 1 aromatic carbocycles. The van der Waals surface area contributed by atoms with Crippen LogP contribution >= 0.6 is 11.6 Å². The van der Waals surface area contributed by atoms with E-state index in [2.05, 4.69) is 15.1 Å². The molecule has 126 valence electrons. The average Bonchev–Trinajstić information content (AvgIpc) is 2.99. The zero-order valence-electron chi connectivity index (χ0n) is 14.0. The highest BCUT2D eigenvalue weighted by molar-refractivity contribution is 6.31. The lowest BCUT2D eigenvalue weighted by Crippen LogP contribution is -2.21. The van der Waals surface area contributed by atoms with Gasteiger partial charge in [-0.15, -0.1) is 0 Å². The van der Waals surface area contributed by atoms with E-state index in [-0.39, 0.29) is 11.7 Å². The van der Waals surface area contributed by atoms with Crippen molar-refractivity contribution in [1.29, 1.82) is 0 Å². The van der Waals surface area contributed by atoms with Gasteiger partial charge < -0.3 is 0 Å². The first kappa shape index (κ1) is 16.0. The highest BCUT2D eigenvalue weighted by Crippen LogP contribution is 2.36. The van der Waals surface area contributed by atoms with E-state index >= 15 is 0 Å². The SMILES string of the molecule is Cc1cc(C)nc(-n2ncc3c2C[C@@H](c2ccccc2Cl)CC3=O)n1. The number of rotatable bonds is 2. The fourth-order valence-corrected chi connectivity index (χ4v) is 3.73. The Labute approximate surface area is 150 Å². The number of nitrogens with zero attached hydrogens (tertiary/aromatic N) is 4. The molecule has 0 spiro atoms. The van der Waals surface area contributed by atoms with E-state index in [1.54, 1.807) is 10.9 Å². The minimum atomic E-state index is 0.0371. The summed E-state index contributed by atoms with van der Waals surface area (Å²) >= 11 is 6.35. The molecule has 0 aliphatic heterocycles. The molecule has 0 unspecified atom stereocenters. The summed E-state index contributed by atoms with van der Waals surface area (Å²) in [5, 5.41) is 5.08. The van der Waals surface area contributed by atoms with Gasteiger partial charge in [0.2, 0.25) is 0 Å². The van der Waals surface area contributed by atoms with Crippen LogP contribution in [0.1, 0.15) is 45.3 Å². The van der Waals surface area contributed by atoms with Gasteiger partial charge in [0.25, 0.3) is 5.95 Å². The topological polar surface area (TPSA) is 60.7 Å². The Bertz CT molecular complexity index is 959. The molecule has 0 saturated heterocycles. The maximum absolute atomic E-state index is 12.6. The number of aromatic nitrogens is 4. The molecule has 0 N–H and O–H groups in total. The number of carbonyl (C=O) groups is 1. The van der Waals surface area contributed by atoms with Crippen molar-refractivity contribution < 1.29 is 4.79 Å². The Hall–Kier alpha value is -2.53. The fourth-order valence-electron chi connectivity index (χ4n) is 3.44. The largest absolute Gasteiger partial charge is 0.294 e. The second-order valence-electron chi connectivity index (χ2n) is 6.42. The highest BCUT2D eigenvalue weighted by Gasteiger charge is 2.31. The van der Waals surface area contributed by atoms with Gasteiger partial charge >= 0.3 is 0 Å². The lowest BCUT2D eigenvalue weighted by molar-refractivity contribution is 0.0964. The number of hydrogen-bond donors (Lipinski definition) is 0. The first-order chi connectivity index (χ1) is 12.0. The fraction of sp³-hybridized carbons (Fsp3) is 0.263. The predicted octanol–water partition coefficient (Wildman–Crippen LogP) is 3.85. The molecule has 0 fully saturated rings. The maximum atomic E-state index is 12.6. The van der Waals surface area contributed by atoms with Gasteiger partial charge in [0.1, 0.15) is 0 Å². The lowest BCUT2D eigenvalue weighted by Gasteiger charge is -2.23. The van der Waals surface area contributed by atoms with Crippen LogP contribution in [0.3, 0.4) is 0 Å². The molecule has 0 saturated carbocycles. The summed E-state index contributed by atoms with van der Waals surface area (Å²) in [5.74, 6) is 0.628. The van der Waals surface area contributed by atoms with Crippen LogP contribution in [0.15, 0.2) is 36.5 Å². The molecular formula is C19H17ClN4O. The molecule has 3 aromatic rings. The van der Waals surface area contributed by atoms with Crippen LogP contribution in [0.25, 0.3) is 5.95 Å². The number of hydrogen-bond acceptors (Lipinski definition) is 4. The maximum Gasteiger partial charge on any atom is 0.251 e. The van der Waals surface area contributed by atoms with E-state index < -0.39 is 0 Å². The molecule has 1 aliphatic rings. The molecule has 0 bridgehead atoms. The Kier molecular flexibility index (Phi) is 3.88. The first-order valence-electron chi connectivity index (χ1n) is 8.20. The van der Waals surface area contributed by atoms with Crippen LogP contribution in [0.5, 0.6) is 0 Å². The quantitative estimate of drug-likeness (QED) is 0.703. The van der Waals surface area contributed by atoms with Gasteiger partial charge in [0.15, 0.2) is 5.78 Å². The summed E-state index contributed by atoms with van der Waals surface area (Å²) in [6.45, 7) is 3.84. The van der Waals surface area contributed by atoms with E-state index in [1.165, 1.54) is 0 Å². The number of aryl methyl sites for hydroxylation is 2. The van der Waals surface area contributed by atoms with Gasteiger partial charge in [-0.3, -0.25) is 4.79 Å². The van der Waals surface area contributed by atoms with Gasteiger partial charge in [0, 0.05) is 22.8 Å². The molecule has 0 amide bonds. The van der Waals surface area contributed by atoms with E-state index in [4.69, 9.17) is 11.6 Å². The molecule has 1 aliphatic carbocycles. The Balaban J connectivity index is 1.79. The molecule has 2 heterocycles. The van der Waals surface area contributed by atoms with Crippen LogP contribution in [0.2, 0.25) is 5.02 Å². The minimum absolute atomic E-state index is 0.0371. The third-order valence-electron chi connectivity index (χ3n) is 4.55. The van der Waals surface area contributed by atoms with E-state index in [9.17, 15) is 4.79 Å². The van der Waals surface area contributed by atoms with E-state index in [0.717, 1.165) is 22.6 Å². The summed E-state index contributed by atoms with van der Waals surface area (Å²) in [5.41, 5.74) is 4.25. The second kappa shape index (κ2) is 6.08. The Morgan fingerprint density at radius 2 is 1.84 bits per heavy atom. The van der Waals surface area contributed by atoms with Crippen molar-refractivity contribution in [2.24, 2.45) is 0 Å². The number of Topliss-reactive ketones (excluding diaryl/α,β-unsaturated/α-hetero) is 1. The molecule has 6 heteroatoms. The summed E-state index contributed by atoms with van der Waals surface area (Å²) in [6.07, 6.45) is 2.75. The van der Waals surface area contributed by atoms with Crippen molar-refractivity contribution in [2.45, 2.75) is 32.6 Å². The van der Waals surface area contributed by atoms with Crippen LogP contribution in [0, 0.1) is 13.8 Å². The van der Waals surface area contributed by atoms with Gasteiger partial charge in [-0.2, -0.15) is 5.10 Å². The molecule has 1 atom stereocenters. The standard InChI is InChI=1S/C19H17ClN4O/c1-11-7-12(2)23-19(22-11)24-17-8-13(9-18(25)15(17)10-21-24)14-5-3-4-6-16(14)20/h3-7,10,13H,8-9H2,1-2H3/t13-/m1/s1. The molecule has 5 nitrogen and oxygen atoms in total. The summed E-state index contributed by atoms with van der Waals surface area (Å²) in [4.78, 5) is 21.6. The van der Waals surface area contributed by atoms with Crippen LogP contribution < -0.4 is 0 Å². The Morgan fingerprint density at radius 1 is 1.12 bits per heavy atom. The third-order valence-corrected chi connectivity index (χ3v) is 4.89. The minimum Gasteiger partial charge on any atom is -0.294 e. The Morgan fingerprint density at radius 3 is 2.56 bits per heavy atom. The summed E-state index contributed by atoms with van der Waals surface area (Å²) in [6, 6.07) is 9.61. The summed E-state index contributed by atoms with van der Waals surface area (Å²) in [7, 11) is 0. The predicted molar refractivity (Wildman–Crippen MR) is 95.5 cm³/mol. The van der Waals surface area contributed by atoms with Gasteiger partial charge in [0.05, 0.1) is 17.5 Å². The monoisotopic (exact) mass is 352 g/mol. The van der Waals surface area contributed by atoms with E-state index in [0.29, 0.717) is 29.4 Å². The number of halogens is 1. The zero-order valence-corrected chi connectivity index (χ0v) is 14.8. The zero-order chi connectivity index (χ0) is 17.6. The van der Waals surface area contributed by atoms with Crippen molar-refractivity contribution in [3.8, 4) is 5.95 Å². The van der Waals surface area contributed by atoms with Gasteiger partial charge in [-0.1, -0.05) is 29.8 Å². The number of benzene rings is 1. The van der Waals surface area contributed by atoms with Crippen molar-refractivity contribution in [2.75, 3.05) is 0 Å². The third kappa shape index (κ3) is 2.85. The normalized spacial score (nSPS) is 16.8. The smallest absolute Gasteiger partial charge is 0.251 e. The molecule has 25 heavy (non-hydrogen) atoms. The molecular weight excluding hydrogens is 336 g/mol. The van der Waals surface area contributed by atoms with Crippen molar-refractivity contribution >= 4 is 17.4 Å². The molecule has 2 aromatic heterocycles. The van der Waals surface area contributed by atoms with Gasteiger partial charge in [-0.25, -0.2) is 14.6 Å². The van der Waals surface area contributed by atoms with E-state index in [1.807, 2.05) is 44.2 Å². The number of carbonyl (C=O) groups excluding carboxylic acids is 1. The van der Waals surface area contributed by atoms with Crippen LogP contribution in [-0.4, -0.2) is 25.5 Å². The molecule has 0 radical (unpaired) electrons.